The first kappa shape index (κ1) is 20.6. The van der Waals surface area contributed by atoms with Gasteiger partial charge in [0.05, 0.1) is 11.4 Å². The van der Waals surface area contributed by atoms with Gasteiger partial charge in [-0.2, -0.15) is 0 Å². The number of rotatable bonds is 4. The standard InChI is InChI=1S/C25H24N2OS2/c1-16-5-9-20(10-6-16)15-26-24(28)23(30-25(26)29)14-21-13-18(3)27(19(21)4)22-11-7-17(2)8-12-22/h5-14H,15H2,1-4H3/b23-14-. The fraction of sp³-hybridized carbons (Fsp3) is 0.200. The molecule has 0 radical (unpaired) electrons. The molecule has 1 aliphatic rings. The molecule has 0 saturated carbocycles. The number of amides is 1. The van der Waals surface area contributed by atoms with Gasteiger partial charge in [-0.25, -0.2) is 0 Å². The number of hydrogen-bond acceptors (Lipinski definition) is 3. The molecule has 0 bridgehead atoms. The fourth-order valence-corrected chi connectivity index (χ4v) is 4.92. The van der Waals surface area contributed by atoms with Crippen molar-refractivity contribution in [3.05, 3.63) is 93.1 Å². The minimum atomic E-state index is -0.0225. The highest BCUT2D eigenvalue weighted by Crippen LogP contribution is 2.35. The van der Waals surface area contributed by atoms with Crippen LogP contribution in [0.4, 0.5) is 0 Å². The van der Waals surface area contributed by atoms with E-state index in [0.717, 1.165) is 28.2 Å². The van der Waals surface area contributed by atoms with Gasteiger partial charge in [0, 0.05) is 17.1 Å². The molecule has 0 atom stereocenters. The summed E-state index contributed by atoms with van der Waals surface area (Å²) in [5.41, 5.74) is 7.94. The van der Waals surface area contributed by atoms with Crippen LogP contribution in [0.5, 0.6) is 0 Å². The summed E-state index contributed by atoms with van der Waals surface area (Å²) in [6, 6.07) is 18.8. The van der Waals surface area contributed by atoms with Gasteiger partial charge in [0.15, 0.2) is 0 Å². The van der Waals surface area contributed by atoms with Gasteiger partial charge >= 0.3 is 0 Å². The summed E-state index contributed by atoms with van der Waals surface area (Å²) in [5, 5.41) is 0. The molecule has 1 aromatic heterocycles. The van der Waals surface area contributed by atoms with Crippen LogP contribution in [-0.2, 0) is 11.3 Å². The zero-order chi connectivity index (χ0) is 21.4. The van der Waals surface area contributed by atoms with Gasteiger partial charge < -0.3 is 4.57 Å². The van der Waals surface area contributed by atoms with E-state index in [9.17, 15) is 4.79 Å². The predicted octanol–water partition coefficient (Wildman–Crippen LogP) is 6.11. The highest BCUT2D eigenvalue weighted by atomic mass is 32.2. The topological polar surface area (TPSA) is 25.2 Å². The molecule has 152 valence electrons. The lowest BCUT2D eigenvalue weighted by Crippen LogP contribution is -2.27. The number of thioether (sulfide) groups is 1. The normalized spacial score (nSPS) is 15.5. The van der Waals surface area contributed by atoms with Gasteiger partial charge in [0.2, 0.25) is 0 Å². The van der Waals surface area contributed by atoms with E-state index in [1.54, 1.807) is 4.90 Å². The van der Waals surface area contributed by atoms with Gasteiger partial charge in [0.25, 0.3) is 5.91 Å². The number of benzene rings is 2. The first-order chi connectivity index (χ1) is 14.3. The molecule has 1 fully saturated rings. The number of nitrogens with zero attached hydrogens (tertiary/aromatic N) is 2. The van der Waals surface area contributed by atoms with E-state index in [2.05, 4.69) is 74.7 Å². The third-order valence-corrected chi connectivity index (χ3v) is 6.76. The lowest BCUT2D eigenvalue weighted by atomic mass is 10.1. The van der Waals surface area contributed by atoms with Gasteiger partial charge in [-0.05, 0) is 63.1 Å². The van der Waals surface area contributed by atoms with Crippen molar-refractivity contribution in [1.29, 1.82) is 0 Å². The maximum absolute atomic E-state index is 13.0. The Labute approximate surface area is 187 Å². The smallest absolute Gasteiger partial charge is 0.266 e. The fourth-order valence-electron chi connectivity index (χ4n) is 3.68. The molecule has 0 spiro atoms. The Bertz CT molecular complexity index is 1160. The first-order valence-corrected chi connectivity index (χ1v) is 11.1. The molecular weight excluding hydrogens is 408 g/mol. The van der Waals surface area contributed by atoms with E-state index >= 15 is 0 Å². The summed E-state index contributed by atoms with van der Waals surface area (Å²) in [5.74, 6) is -0.0225. The average Bonchev–Trinajstić information content (AvgIpc) is 3.14. The number of aryl methyl sites for hydroxylation is 3. The molecule has 4 rings (SSSR count). The second-order valence-electron chi connectivity index (χ2n) is 7.75. The van der Waals surface area contributed by atoms with E-state index in [1.807, 2.05) is 18.2 Å². The molecule has 1 amide bonds. The minimum absolute atomic E-state index is 0.0225. The summed E-state index contributed by atoms with van der Waals surface area (Å²) in [6.07, 6.45) is 1.97. The van der Waals surface area contributed by atoms with E-state index < -0.39 is 0 Å². The van der Waals surface area contributed by atoms with Crippen molar-refractivity contribution < 1.29 is 4.79 Å². The van der Waals surface area contributed by atoms with Crippen LogP contribution in [-0.4, -0.2) is 19.7 Å². The van der Waals surface area contributed by atoms with Crippen LogP contribution in [0.15, 0.2) is 59.5 Å². The van der Waals surface area contributed by atoms with Crippen LogP contribution >= 0.6 is 24.0 Å². The average molecular weight is 433 g/mol. The number of aromatic nitrogens is 1. The third-order valence-electron chi connectivity index (χ3n) is 5.38. The Hall–Kier alpha value is -2.63. The Morgan fingerprint density at radius 2 is 1.53 bits per heavy atom. The number of thiocarbonyl (C=S) groups is 1. The number of hydrogen-bond donors (Lipinski definition) is 0. The predicted molar refractivity (Wildman–Crippen MR) is 130 cm³/mol. The molecule has 2 aromatic carbocycles. The molecule has 3 nitrogen and oxygen atoms in total. The molecule has 1 saturated heterocycles. The van der Waals surface area contributed by atoms with Crippen molar-refractivity contribution in [2.75, 3.05) is 0 Å². The summed E-state index contributed by atoms with van der Waals surface area (Å²) in [7, 11) is 0. The maximum atomic E-state index is 13.0. The number of carbonyl (C=O) groups excluding carboxylic acids is 1. The lowest BCUT2D eigenvalue weighted by molar-refractivity contribution is -0.122. The van der Waals surface area contributed by atoms with Crippen LogP contribution < -0.4 is 0 Å². The van der Waals surface area contributed by atoms with Crippen LogP contribution in [0.3, 0.4) is 0 Å². The van der Waals surface area contributed by atoms with Crippen molar-refractivity contribution in [2.45, 2.75) is 34.2 Å². The van der Waals surface area contributed by atoms with Crippen molar-refractivity contribution in [3.8, 4) is 5.69 Å². The third kappa shape index (κ3) is 4.00. The number of carbonyl (C=O) groups is 1. The van der Waals surface area contributed by atoms with Crippen LogP contribution in [0.2, 0.25) is 0 Å². The molecule has 3 aromatic rings. The lowest BCUT2D eigenvalue weighted by Gasteiger charge is -2.14. The Kier molecular flexibility index (Phi) is 5.67. The highest BCUT2D eigenvalue weighted by molar-refractivity contribution is 8.26. The van der Waals surface area contributed by atoms with Crippen LogP contribution in [0, 0.1) is 27.7 Å². The second-order valence-corrected chi connectivity index (χ2v) is 9.43. The van der Waals surface area contributed by atoms with Crippen molar-refractivity contribution in [2.24, 2.45) is 0 Å². The zero-order valence-electron chi connectivity index (χ0n) is 17.6. The molecule has 30 heavy (non-hydrogen) atoms. The van der Waals surface area contributed by atoms with Crippen LogP contribution in [0.25, 0.3) is 11.8 Å². The second kappa shape index (κ2) is 8.25. The first-order valence-electron chi connectivity index (χ1n) is 9.90. The van der Waals surface area contributed by atoms with E-state index in [0.29, 0.717) is 15.8 Å². The van der Waals surface area contributed by atoms with Gasteiger partial charge in [0.1, 0.15) is 4.32 Å². The van der Waals surface area contributed by atoms with E-state index in [4.69, 9.17) is 12.2 Å². The summed E-state index contributed by atoms with van der Waals surface area (Å²) in [6.45, 7) is 8.82. The van der Waals surface area contributed by atoms with E-state index in [-0.39, 0.29) is 5.91 Å². The zero-order valence-corrected chi connectivity index (χ0v) is 19.2. The van der Waals surface area contributed by atoms with Crippen molar-refractivity contribution in [3.63, 3.8) is 0 Å². The summed E-state index contributed by atoms with van der Waals surface area (Å²) in [4.78, 5) is 15.4. The quantitative estimate of drug-likeness (QED) is 0.367. The highest BCUT2D eigenvalue weighted by Gasteiger charge is 2.32. The Morgan fingerprint density at radius 3 is 2.17 bits per heavy atom. The van der Waals surface area contributed by atoms with Crippen molar-refractivity contribution >= 4 is 40.3 Å². The summed E-state index contributed by atoms with van der Waals surface area (Å²) < 4.78 is 2.83. The maximum Gasteiger partial charge on any atom is 0.266 e. The Morgan fingerprint density at radius 1 is 0.933 bits per heavy atom. The molecular formula is C25H24N2OS2. The van der Waals surface area contributed by atoms with Gasteiger partial charge in [-0.15, -0.1) is 0 Å². The van der Waals surface area contributed by atoms with Gasteiger partial charge in [-0.1, -0.05) is 71.5 Å². The molecule has 1 aliphatic heterocycles. The van der Waals surface area contributed by atoms with Crippen molar-refractivity contribution in [1.82, 2.24) is 9.47 Å². The largest absolute Gasteiger partial charge is 0.318 e. The molecule has 2 heterocycles. The molecule has 0 N–H and O–H groups in total. The molecule has 0 aliphatic carbocycles. The molecule has 5 heteroatoms. The van der Waals surface area contributed by atoms with Gasteiger partial charge in [-0.3, -0.25) is 9.69 Å². The Balaban J connectivity index is 1.61. The SMILES string of the molecule is Cc1ccc(CN2C(=O)/C(=C/c3cc(C)n(-c4ccc(C)cc4)c3C)SC2=S)cc1. The minimum Gasteiger partial charge on any atom is -0.318 e. The van der Waals surface area contributed by atoms with Crippen LogP contribution in [0.1, 0.15) is 33.6 Å². The molecule has 0 unspecified atom stereocenters. The monoisotopic (exact) mass is 432 g/mol. The summed E-state index contributed by atoms with van der Waals surface area (Å²) >= 11 is 6.89. The van der Waals surface area contributed by atoms with E-state index in [1.165, 1.54) is 22.9 Å².